The summed E-state index contributed by atoms with van der Waals surface area (Å²) in [5.74, 6) is 0.160. The van der Waals surface area contributed by atoms with E-state index in [4.69, 9.17) is 16.7 Å². The fourth-order valence-corrected chi connectivity index (χ4v) is 1.65. The highest BCUT2D eigenvalue weighted by Gasteiger charge is 2.07. The van der Waals surface area contributed by atoms with Gasteiger partial charge in [-0.15, -0.1) is 0 Å². The molecule has 2 rings (SSSR count). The van der Waals surface area contributed by atoms with Crippen molar-refractivity contribution < 1.29 is 9.90 Å². The summed E-state index contributed by atoms with van der Waals surface area (Å²) >= 11 is 5.72. The maximum atomic E-state index is 11.9. The molecule has 1 heterocycles. The predicted molar refractivity (Wildman–Crippen MR) is 65.4 cm³/mol. The molecule has 0 saturated carbocycles. The summed E-state index contributed by atoms with van der Waals surface area (Å²) in [7, 11) is 0. The summed E-state index contributed by atoms with van der Waals surface area (Å²) in [6, 6.07) is 9.73. The van der Waals surface area contributed by atoms with Crippen LogP contribution in [0.2, 0.25) is 5.15 Å². The number of halogens is 1. The number of phenols is 1. The molecule has 86 valence electrons. The van der Waals surface area contributed by atoms with Gasteiger partial charge < -0.3 is 5.11 Å². The Morgan fingerprint density at radius 2 is 1.94 bits per heavy atom. The number of Topliss-reactive ketones (excluding diaryl/α,β-unsaturated/α-hetero) is 1. The van der Waals surface area contributed by atoms with E-state index in [1.165, 1.54) is 6.20 Å². The van der Waals surface area contributed by atoms with Crippen LogP contribution in [0.3, 0.4) is 0 Å². The van der Waals surface area contributed by atoms with E-state index < -0.39 is 0 Å². The molecular weight excluding hydrogens is 238 g/mol. The molecule has 1 aromatic heterocycles. The molecule has 0 amide bonds. The first-order chi connectivity index (χ1) is 8.15. The van der Waals surface area contributed by atoms with Gasteiger partial charge in [-0.05, 0) is 29.8 Å². The summed E-state index contributed by atoms with van der Waals surface area (Å²) < 4.78 is 0. The summed E-state index contributed by atoms with van der Waals surface area (Å²) in [4.78, 5) is 15.7. The van der Waals surface area contributed by atoms with E-state index in [9.17, 15) is 4.79 Å². The predicted octanol–water partition coefficient (Wildman–Crippen LogP) is 2.87. The number of phenolic OH excluding ortho intramolecular Hbond substituents is 1. The van der Waals surface area contributed by atoms with Crippen LogP contribution in [0.25, 0.3) is 0 Å². The molecule has 17 heavy (non-hydrogen) atoms. The molecule has 0 aliphatic rings. The first-order valence-corrected chi connectivity index (χ1v) is 5.45. The zero-order valence-electron chi connectivity index (χ0n) is 8.93. The van der Waals surface area contributed by atoms with Crippen molar-refractivity contribution in [1.82, 2.24) is 4.98 Å². The van der Waals surface area contributed by atoms with E-state index >= 15 is 0 Å². The lowest BCUT2D eigenvalue weighted by Gasteiger charge is -2.02. The summed E-state index contributed by atoms with van der Waals surface area (Å²) in [5, 5.41) is 9.44. The number of hydrogen-bond acceptors (Lipinski definition) is 3. The van der Waals surface area contributed by atoms with E-state index in [0.717, 1.165) is 5.56 Å². The largest absolute Gasteiger partial charge is 0.508 e. The van der Waals surface area contributed by atoms with Gasteiger partial charge in [-0.3, -0.25) is 4.79 Å². The highest BCUT2D eigenvalue weighted by molar-refractivity contribution is 6.29. The second-order valence-electron chi connectivity index (χ2n) is 3.63. The number of carbonyl (C=O) groups is 1. The molecule has 0 aliphatic carbocycles. The summed E-state index contributed by atoms with van der Waals surface area (Å²) in [6.45, 7) is 0. The van der Waals surface area contributed by atoms with Crippen molar-refractivity contribution in [3.8, 4) is 5.75 Å². The number of aromatic nitrogens is 1. The number of hydrogen-bond donors (Lipinski definition) is 1. The maximum absolute atomic E-state index is 11.9. The van der Waals surface area contributed by atoms with Crippen molar-refractivity contribution in [1.29, 1.82) is 0 Å². The molecule has 0 unspecified atom stereocenters. The van der Waals surface area contributed by atoms with Crippen LogP contribution in [0.5, 0.6) is 5.75 Å². The first-order valence-electron chi connectivity index (χ1n) is 5.08. The van der Waals surface area contributed by atoms with Crippen molar-refractivity contribution in [3.63, 3.8) is 0 Å². The molecule has 0 atom stereocenters. The molecule has 0 radical (unpaired) electrons. The standard InChI is InChI=1S/C13H10ClNO2/c14-13-8-10(5-6-15-13)12(17)7-9-1-3-11(16)4-2-9/h1-6,8,16H,7H2. The number of nitrogens with zero attached hydrogens (tertiary/aromatic N) is 1. The van der Waals surface area contributed by atoms with Gasteiger partial charge in [0, 0.05) is 18.2 Å². The van der Waals surface area contributed by atoms with E-state index in [2.05, 4.69) is 4.98 Å². The van der Waals surface area contributed by atoms with E-state index in [1.807, 2.05) is 0 Å². The summed E-state index contributed by atoms with van der Waals surface area (Å²) in [6.07, 6.45) is 1.78. The van der Waals surface area contributed by atoms with Gasteiger partial charge in [0.2, 0.25) is 0 Å². The highest BCUT2D eigenvalue weighted by Crippen LogP contribution is 2.13. The van der Waals surface area contributed by atoms with Crippen LogP contribution in [0.15, 0.2) is 42.6 Å². The number of rotatable bonds is 3. The Kier molecular flexibility index (Phi) is 3.40. The van der Waals surface area contributed by atoms with Crippen LogP contribution in [-0.2, 0) is 6.42 Å². The van der Waals surface area contributed by atoms with Crippen LogP contribution in [0.4, 0.5) is 0 Å². The zero-order chi connectivity index (χ0) is 12.3. The fraction of sp³-hybridized carbons (Fsp3) is 0.0769. The molecule has 2 aromatic rings. The number of aromatic hydroxyl groups is 1. The Bertz CT molecular complexity index is 537. The Morgan fingerprint density at radius 3 is 2.59 bits per heavy atom. The normalized spacial score (nSPS) is 10.2. The van der Waals surface area contributed by atoms with Crippen LogP contribution in [-0.4, -0.2) is 15.9 Å². The van der Waals surface area contributed by atoms with Crippen molar-refractivity contribution in [2.24, 2.45) is 0 Å². The van der Waals surface area contributed by atoms with E-state index in [1.54, 1.807) is 36.4 Å². The molecule has 0 aliphatic heterocycles. The van der Waals surface area contributed by atoms with Gasteiger partial charge in [-0.2, -0.15) is 0 Å². The number of ketones is 1. The second-order valence-corrected chi connectivity index (χ2v) is 4.02. The van der Waals surface area contributed by atoms with Gasteiger partial charge in [0.05, 0.1) is 0 Å². The highest BCUT2D eigenvalue weighted by atomic mass is 35.5. The average Bonchev–Trinajstić information content (AvgIpc) is 2.32. The Labute approximate surface area is 104 Å². The molecular formula is C13H10ClNO2. The van der Waals surface area contributed by atoms with E-state index in [0.29, 0.717) is 10.7 Å². The lowest BCUT2D eigenvalue weighted by molar-refractivity contribution is 0.0993. The third-order valence-corrected chi connectivity index (χ3v) is 2.56. The monoisotopic (exact) mass is 247 g/mol. The van der Waals surface area contributed by atoms with Crippen molar-refractivity contribution in [2.45, 2.75) is 6.42 Å². The zero-order valence-corrected chi connectivity index (χ0v) is 9.69. The second kappa shape index (κ2) is 4.97. The Hall–Kier alpha value is -1.87. The molecule has 1 N–H and O–H groups in total. The van der Waals surface area contributed by atoms with Crippen molar-refractivity contribution in [3.05, 3.63) is 58.9 Å². The van der Waals surface area contributed by atoms with Gasteiger partial charge in [0.25, 0.3) is 0 Å². The minimum atomic E-state index is -0.0278. The SMILES string of the molecule is O=C(Cc1ccc(O)cc1)c1ccnc(Cl)c1. The molecule has 3 nitrogen and oxygen atoms in total. The van der Waals surface area contributed by atoms with Crippen LogP contribution in [0.1, 0.15) is 15.9 Å². The lowest BCUT2D eigenvalue weighted by atomic mass is 10.0. The molecule has 0 bridgehead atoms. The van der Waals surface area contributed by atoms with Crippen LogP contribution >= 0.6 is 11.6 Å². The van der Waals surface area contributed by atoms with Gasteiger partial charge >= 0.3 is 0 Å². The van der Waals surface area contributed by atoms with Gasteiger partial charge in [0.1, 0.15) is 10.9 Å². The fourth-order valence-electron chi connectivity index (χ4n) is 1.48. The van der Waals surface area contributed by atoms with Crippen LogP contribution in [0, 0.1) is 0 Å². The average molecular weight is 248 g/mol. The summed E-state index contributed by atoms with van der Waals surface area (Å²) in [5.41, 5.74) is 1.39. The van der Waals surface area contributed by atoms with Crippen molar-refractivity contribution in [2.75, 3.05) is 0 Å². The first kappa shape index (κ1) is 11.6. The minimum absolute atomic E-state index is 0.0278. The molecule has 0 saturated heterocycles. The van der Waals surface area contributed by atoms with Gasteiger partial charge in [0.15, 0.2) is 5.78 Å². The van der Waals surface area contributed by atoms with Gasteiger partial charge in [-0.1, -0.05) is 23.7 Å². The Morgan fingerprint density at radius 1 is 1.24 bits per heavy atom. The molecule has 1 aromatic carbocycles. The number of benzene rings is 1. The van der Waals surface area contributed by atoms with Crippen molar-refractivity contribution >= 4 is 17.4 Å². The topological polar surface area (TPSA) is 50.2 Å². The Balaban J connectivity index is 2.14. The third-order valence-electron chi connectivity index (χ3n) is 2.35. The lowest BCUT2D eigenvalue weighted by Crippen LogP contribution is -2.03. The van der Waals surface area contributed by atoms with Gasteiger partial charge in [-0.25, -0.2) is 4.98 Å². The molecule has 0 fully saturated rings. The number of pyridine rings is 1. The quantitative estimate of drug-likeness (QED) is 0.670. The van der Waals surface area contributed by atoms with Crippen LogP contribution < -0.4 is 0 Å². The third kappa shape index (κ3) is 3.04. The smallest absolute Gasteiger partial charge is 0.167 e. The molecule has 0 spiro atoms. The molecule has 4 heteroatoms. The number of carbonyl (C=O) groups excluding carboxylic acids is 1. The maximum Gasteiger partial charge on any atom is 0.167 e. The van der Waals surface area contributed by atoms with E-state index in [-0.39, 0.29) is 18.0 Å². The minimum Gasteiger partial charge on any atom is -0.508 e.